The molecule has 6 heteroatoms. The van der Waals surface area contributed by atoms with Gasteiger partial charge in [-0.15, -0.1) is 0 Å². The van der Waals surface area contributed by atoms with Crippen LogP contribution in [0.1, 0.15) is 51.4 Å². The summed E-state index contributed by atoms with van der Waals surface area (Å²) in [5.41, 5.74) is 0. The van der Waals surface area contributed by atoms with Gasteiger partial charge < -0.3 is 18.9 Å². The molecule has 0 saturated heterocycles. The van der Waals surface area contributed by atoms with Crippen LogP contribution in [0.4, 0.5) is 0 Å². The van der Waals surface area contributed by atoms with E-state index in [1.807, 2.05) is 0 Å². The molecule has 0 N–H and O–H groups in total. The highest BCUT2D eigenvalue weighted by atomic mass is 16.6. The average Bonchev–Trinajstić information content (AvgIpc) is 2.51. The van der Waals surface area contributed by atoms with Crippen LogP contribution in [-0.2, 0) is 28.5 Å². The first kappa shape index (κ1) is 20.9. The zero-order valence-electron chi connectivity index (χ0n) is 13.9. The van der Waals surface area contributed by atoms with E-state index >= 15 is 0 Å². The van der Waals surface area contributed by atoms with Crippen molar-refractivity contribution in [3.63, 3.8) is 0 Å². The number of unbranched alkanes of at least 4 members (excludes halogenated alkanes) is 4. The van der Waals surface area contributed by atoms with Crippen molar-refractivity contribution in [1.82, 2.24) is 0 Å². The molecule has 0 heterocycles. The maximum atomic E-state index is 11.4. The topological polar surface area (TPSA) is 71.1 Å². The van der Waals surface area contributed by atoms with Gasteiger partial charge in [0.25, 0.3) is 0 Å². The Kier molecular flexibility index (Phi) is 15.4. The lowest BCUT2D eigenvalue weighted by atomic mass is 10.2. The molecular weight excluding hydrogens is 288 g/mol. The van der Waals surface area contributed by atoms with Gasteiger partial charge in [-0.1, -0.05) is 12.8 Å². The first-order valence-electron chi connectivity index (χ1n) is 7.99. The van der Waals surface area contributed by atoms with E-state index in [0.29, 0.717) is 12.8 Å². The Morgan fingerprint density at radius 2 is 1.00 bits per heavy atom. The molecular formula is C16H30O6. The molecule has 6 nitrogen and oxygen atoms in total. The van der Waals surface area contributed by atoms with Crippen molar-refractivity contribution in [2.45, 2.75) is 51.4 Å². The number of methoxy groups -OCH3 is 2. The van der Waals surface area contributed by atoms with Crippen molar-refractivity contribution in [1.29, 1.82) is 0 Å². The molecule has 0 spiro atoms. The fraction of sp³-hybridized carbons (Fsp3) is 0.875. The van der Waals surface area contributed by atoms with E-state index in [0.717, 1.165) is 51.7 Å². The summed E-state index contributed by atoms with van der Waals surface area (Å²) in [5, 5.41) is 0. The summed E-state index contributed by atoms with van der Waals surface area (Å²) in [7, 11) is 3.32. The SMILES string of the molecule is COCCCCCC(=O)OCCOC(=O)CCCCCOC. The van der Waals surface area contributed by atoms with Crippen LogP contribution in [0.5, 0.6) is 0 Å². The fourth-order valence-corrected chi connectivity index (χ4v) is 1.84. The Labute approximate surface area is 133 Å². The third kappa shape index (κ3) is 15.3. The lowest BCUT2D eigenvalue weighted by Crippen LogP contribution is -2.13. The highest BCUT2D eigenvalue weighted by molar-refractivity contribution is 5.70. The molecule has 0 bridgehead atoms. The normalized spacial score (nSPS) is 10.5. The molecule has 0 amide bonds. The van der Waals surface area contributed by atoms with E-state index in [-0.39, 0.29) is 25.2 Å². The van der Waals surface area contributed by atoms with Crippen LogP contribution in [0, 0.1) is 0 Å². The van der Waals surface area contributed by atoms with Crippen molar-refractivity contribution in [2.75, 3.05) is 40.6 Å². The standard InChI is InChI=1S/C16H30O6/c1-19-11-7-3-5-9-15(17)21-13-14-22-16(18)10-6-4-8-12-20-2/h3-14H2,1-2H3. The van der Waals surface area contributed by atoms with Crippen LogP contribution >= 0.6 is 0 Å². The maximum Gasteiger partial charge on any atom is 0.305 e. The zero-order valence-corrected chi connectivity index (χ0v) is 13.9. The monoisotopic (exact) mass is 318 g/mol. The van der Waals surface area contributed by atoms with E-state index < -0.39 is 0 Å². The summed E-state index contributed by atoms with van der Waals surface area (Å²) in [6, 6.07) is 0. The van der Waals surface area contributed by atoms with Gasteiger partial charge >= 0.3 is 11.9 Å². The number of hydrogen-bond acceptors (Lipinski definition) is 6. The summed E-state index contributed by atoms with van der Waals surface area (Å²) < 4.78 is 19.8. The first-order valence-corrected chi connectivity index (χ1v) is 7.99. The average molecular weight is 318 g/mol. The largest absolute Gasteiger partial charge is 0.462 e. The number of esters is 2. The minimum Gasteiger partial charge on any atom is -0.462 e. The lowest BCUT2D eigenvalue weighted by Gasteiger charge is -2.06. The molecule has 0 aliphatic carbocycles. The zero-order chi connectivity index (χ0) is 16.5. The Morgan fingerprint density at radius 1 is 0.591 bits per heavy atom. The molecule has 0 radical (unpaired) electrons. The number of carbonyl (C=O) groups is 2. The van der Waals surface area contributed by atoms with Gasteiger partial charge in [-0.2, -0.15) is 0 Å². The summed E-state index contributed by atoms with van der Waals surface area (Å²) >= 11 is 0. The smallest absolute Gasteiger partial charge is 0.305 e. The quantitative estimate of drug-likeness (QED) is 0.341. The highest BCUT2D eigenvalue weighted by Gasteiger charge is 2.05. The van der Waals surface area contributed by atoms with Crippen LogP contribution in [0.2, 0.25) is 0 Å². The molecule has 0 saturated carbocycles. The third-order valence-corrected chi connectivity index (χ3v) is 3.07. The Bertz CT molecular complexity index is 252. The van der Waals surface area contributed by atoms with Gasteiger partial charge in [0.2, 0.25) is 0 Å². The molecule has 0 aliphatic heterocycles. The molecule has 130 valence electrons. The van der Waals surface area contributed by atoms with Gasteiger partial charge in [-0.05, 0) is 25.7 Å². The van der Waals surface area contributed by atoms with Crippen molar-refractivity contribution in [3.05, 3.63) is 0 Å². The van der Waals surface area contributed by atoms with E-state index in [2.05, 4.69) is 0 Å². The second kappa shape index (κ2) is 16.2. The van der Waals surface area contributed by atoms with E-state index in [1.165, 1.54) is 0 Å². The molecule has 0 aromatic heterocycles. The van der Waals surface area contributed by atoms with E-state index in [1.54, 1.807) is 14.2 Å². The lowest BCUT2D eigenvalue weighted by molar-refractivity contribution is -0.152. The van der Waals surface area contributed by atoms with Crippen molar-refractivity contribution >= 4 is 11.9 Å². The van der Waals surface area contributed by atoms with Gasteiger partial charge in [0.15, 0.2) is 0 Å². The predicted molar refractivity (Wildman–Crippen MR) is 82.6 cm³/mol. The number of rotatable bonds is 15. The van der Waals surface area contributed by atoms with Crippen LogP contribution < -0.4 is 0 Å². The second-order valence-electron chi connectivity index (χ2n) is 5.05. The number of hydrogen-bond donors (Lipinski definition) is 0. The second-order valence-corrected chi connectivity index (χ2v) is 5.05. The van der Waals surface area contributed by atoms with Gasteiger partial charge in [0.1, 0.15) is 13.2 Å². The van der Waals surface area contributed by atoms with Crippen LogP contribution in [0.15, 0.2) is 0 Å². The molecule has 0 fully saturated rings. The van der Waals surface area contributed by atoms with Crippen molar-refractivity contribution < 1.29 is 28.5 Å². The summed E-state index contributed by atoms with van der Waals surface area (Å²) in [4.78, 5) is 22.8. The first-order chi connectivity index (χ1) is 10.7. The molecule has 0 aliphatic rings. The molecule has 0 rings (SSSR count). The third-order valence-electron chi connectivity index (χ3n) is 3.07. The minimum atomic E-state index is -0.243. The van der Waals surface area contributed by atoms with Gasteiger partial charge in [-0.25, -0.2) is 0 Å². The minimum absolute atomic E-state index is 0.131. The van der Waals surface area contributed by atoms with Gasteiger partial charge in [0, 0.05) is 40.3 Å². The van der Waals surface area contributed by atoms with Crippen LogP contribution in [0.3, 0.4) is 0 Å². The van der Waals surface area contributed by atoms with E-state index in [4.69, 9.17) is 18.9 Å². The highest BCUT2D eigenvalue weighted by Crippen LogP contribution is 2.03. The Morgan fingerprint density at radius 3 is 1.36 bits per heavy atom. The van der Waals surface area contributed by atoms with Gasteiger partial charge in [0.05, 0.1) is 0 Å². The molecule has 22 heavy (non-hydrogen) atoms. The van der Waals surface area contributed by atoms with Gasteiger partial charge in [-0.3, -0.25) is 9.59 Å². The van der Waals surface area contributed by atoms with Crippen LogP contribution in [-0.4, -0.2) is 52.6 Å². The molecule has 0 unspecified atom stereocenters. The van der Waals surface area contributed by atoms with E-state index in [9.17, 15) is 9.59 Å². The Balaban J connectivity index is 3.32. The maximum absolute atomic E-state index is 11.4. The fourth-order valence-electron chi connectivity index (χ4n) is 1.84. The molecule has 0 atom stereocenters. The summed E-state index contributed by atoms with van der Waals surface area (Å²) in [6.07, 6.45) is 6.18. The van der Waals surface area contributed by atoms with Crippen molar-refractivity contribution in [2.24, 2.45) is 0 Å². The number of ether oxygens (including phenoxy) is 4. The predicted octanol–water partition coefficient (Wildman–Crippen LogP) is 2.49. The van der Waals surface area contributed by atoms with Crippen LogP contribution in [0.25, 0.3) is 0 Å². The summed E-state index contributed by atoms with van der Waals surface area (Å²) in [6.45, 7) is 1.70. The number of carbonyl (C=O) groups excluding carboxylic acids is 2. The molecule has 0 aromatic carbocycles. The molecule has 0 aromatic rings. The Hall–Kier alpha value is -1.14. The summed E-state index contributed by atoms with van der Waals surface area (Å²) in [5.74, 6) is -0.485. The van der Waals surface area contributed by atoms with Crippen molar-refractivity contribution in [3.8, 4) is 0 Å².